The lowest BCUT2D eigenvalue weighted by atomic mass is 10.0. The predicted molar refractivity (Wildman–Crippen MR) is 130 cm³/mol. The molecular weight excluding hydrogens is 469 g/mol. The molecule has 2 aromatic carbocycles. The van der Waals surface area contributed by atoms with Gasteiger partial charge in [-0.25, -0.2) is 0 Å². The average molecular weight is 492 g/mol. The highest BCUT2D eigenvalue weighted by atomic mass is 35.5. The summed E-state index contributed by atoms with van der Waals surface area (Å²) >= 11 is 13.3. The van der Waals surface area contributed by atoms with Crippen molar-refractivity contribution in [2.45, 2.75) is 31.3 Å². The second kappa shape index (κ2) is 10.8. The Morgan fingerprint density at radius 2 is 1.69 bits per heavy atom. The van der Waals surface area contributed by atoms with E-state index in [0.29, 0.717) is 27.6 Å². The van der Waals surface area contributed by atoms with Gasteiger partial charge in [0.05, 0.1) is 27.9 Å². The minimum atomic E-state index is -0.302. The number of carbonyl (C=O) groups excluding carboxylic acids is 2. The molecule has 0 unspecified atom stereocenters. The maximum absolute atomic E-state index is 12.4. The molecule has 32 heavy (non-hydrogen) atoms. The molecule has 2 N–H and O–H groups in total. The third kappa shape index (κ3) is 6.03. The molecule has 10 heteroatoms. The summed E-state index contributed by atoms with van der Waals surface area (Å²) in [6.45, 7) is 4.16. The fraction of sp³-hybridized carbons (Fsp3) is 0.273. The molecule has 3 rings (SSSR count). The van der Waals surface area contributed by atoms with Crippen LogP contribution in [0.25, 0.3) is 0 Å². The number of anilines is 2. The quantitative estimate of drug-likeness (QED) is 0.424. The summed E-state index contributed by atoms with van der Waals surface area (Å²) in [7, 11) is 1.75. The monoisotopic (exact) mass is 491 g/mol. The van der Waals surface area contributed by atoms with Gasteiger partial charge in [0.25, 0.3) is 0 Å². The Morgan fingerprint density at radius 1 is 1.00 bits per heavy atom. The maximum atomic E-state index is 12.4. The maximum Gasteiger partial charge on any atom is 0.234 e. The molecule has 168 valence electrons. The van der Waals surface area contributed by atoms with Gasteiger partial charge in [0.1, 0.15) is 5.82 Å². The number of carbonyl (C=O) groups is 2. The Morgan fingerprint density at radius 3 is 2.44 bits per heavy atom. The van der Waals surface area contributed by atoms with Crippen LogP contribution in [-0.2, 0) is 23.1 Å². The van der Waals surface area contributed by atoms with Crippen LogP contribution in [0.1, 0.15) is 31.2 Å². The number of aromatic nitrogens is 3. The lowest BCUT2D eigenvalue weighted by Gasteiger charge is -2.13. The van der Waals surface area contributed by atoms with Gasteiger partial charge in [-0.3, -0.25) is 9.59 Å². The second-order valence-corrected chi connectivity index (χ2v) is 9.09. The van der Waals surface area contributed by atoms with Crippen molar-refractivity contribution in [2.75, 3.05) is 16.4 Å². The summed E-state index contributed by atoms with van der Waals surface area (Å²) in [6.07, 6.45) is 0.000856. The Labute approximate surface area is 200 Å². The Balaban J connectivity index is 1.57. The number of nitrogens with one attached hydrogen (secondary N) is 2. The lowest BCUT2D eigenvalue weighted by molar-refractivity contribution is -0.116. The Kier molecular flexibility index (Phi) is 8.17. The van der Waals surface area contributed by atoms with Gasteiger partial charge in [-0.15, -0.1) is 10.2 Å². The summed E-state index contributed by atoms with van der Waals surface area (Å²) < 4.78 is 1.69. The van der Waals surface area contributed by atoms with Crippen LogP contribution in [0.5, 0.6) is 0 Å². The van der Waals surface area contributed by atoms with Crippen LogP contribution in [-0.4, -0.2) is 32.3 Å². The van der Waals surface area contributed by atoms with E-state index in [0.717, 1.165) is 11.3 Å². The molecule has 0 atom stereocenters. The summed E-state index contributed by atoms with van der Waals surface area (Å²) in [6, 6.07) is 12.8. The molecule has 0 fully saturated rings. The number of nitrogens with zero attached hydrogens (tertiary/aromatic N) is 3. The zero-order valence-electron chi connectivity index (χ0n) is 17.9. The Hall–Kier alpha value is -2.55. The van der Waals surface area contributed by atoms with Crippen molar-refractivity contribution in [3.63, 3.8) is 0 Å². The normalized spacial score (nSPS) is 10.9. The highest BCUT2D eigenvalue weighted by Gasteiger charge is 2.16. The van der Waals surface area contributed by atoms with E-state index in [1.807, 2.05) is 24.3 Å². The number of hydrogen-bond donors (Lipinski definition) is 2. The van der Waals surface area contributed by atoms with E-state index in [9.17, 15) is 9.59 Å². The van der Waals surface area contributed by atoms with Crippen molar-refractivity contribution >= 4 is 58.2 Å². The smallest absolute Gasteiger partial charge is 0.234 e. The Bertz CT molecular complexity index is 1130. The molecule has 2 amide bonds. The van der Waals surface area contributed by atoms with Gasteiger partial charge in [0, 0.05) is 12.7 Å². The van der Waals surface area contributed by atoms with E-state index in [1.165, 1.54) is 11.8 Å². The summed E-state index contributed by atoms with van der Waals surface area (Å²) in [4.78, 5) is 24.8. The topological polar surface area (TPSA) is 88.9 Å². The highest BCUT2D eigenvalue weighted by Crippen LogP contribution is 2.29. The number of benzene rings is 2. The molecule has 0 aliphatic carbocycles. The molecule has 1 heterocycles. The molecule has 0 bridgehead atoms. The van der Waals surface area contributed by atoms with Crippen LogP contribution >= 0.6 is 35.0 Å². The first-order valence-corrected chi connectivity index (χ1v) is 11.6. The molecule has 0 aliphatic heterocycles. The molecular formula is C22H23Cl2N5O2S. The van der Waals surface area contributed by atoms with Gasteiger partial charge in [-0.2, -0.15) is 0 Å². The summed E-state index contributed by atoms with van der Waals surface area (Å²) in [5.41, 5.74) is 2.32. The molecule has 0 aliphatic rings. The first-order valence-electron chi connectivity index (χ1n) is 9.90. The van der Waals surface area contributed by atoms with Gasteiger partial charge in [-0.1, -0.05) is 73.1 Å². The molecule has 0 saturated carbocycles. The van der Waals surface area contributed by atoms with E-state index >= 15 is 0 Å². The molecule has 0 spiro atoms. The van der Waals surface area contributed by atoms with Gasteiger partial charge in [0.15, 0.2) is 5.16 Å². The van der Waals surface area contributed by atoms with E-state index in [4.69, 9.17) is 23.2 Å². The van der Waals surface area contributed by atoms with Crippen LogP contribution in [0.15, 0.2) is 47.6 Å². The fourth-order valence-corrected chi connectivity index (χ4v) is 4.07. The van der Waals surface area contributed by atoms with Crippen molar-refractivity contribution in [2.24, 2.45) is 7.05 Å². The van der Waals surface area contributed by atoms with Crippen LogP contribution in [0.3, 0.4) is 0 Å². The molecule has 0 radical (unpaired) electrons. The van der Waals surface area contributed by atoms with E-state index in [2.05, 4.69) is 34.7 Å². The van der Waals surface area contributed by atoms with Gasteiger partial charge < -0.3 is 15.2 Å². The van der Waals surface area contributed by atoms with Gasteiger partial charge >= 0.3 is 0 Å². The van der Waals surface area contributed by atoms with Crippen molar-refractivity contribution in [3.05, 3.63) is 63.9 Å². The number of para-hydroxylation sites is 1. The zero-order valence-corrected chi connectivity index (χ0v) is 20.2. The van der Waals surface area contributed by atoms with Crippen molar-refractivity contribution in [1.82, 2.24) is 14.8 Å². The molecule has 0 saturated heterocycles. The van der Waals surface area contributed by atoms with Crippen LogP contribution in [0, 0.1) is 0 Å². The minimum absolute atomic E-state index is 0.000856. The number of amides is 2. The molecule has 1 aromatic heterocycles. The minimum Gasteiger partial charge on any atom is -0.325 e. The van der Waals surface area contributed by atoms with E-state index < -0.39 is 0 Å². The van der Waals surface area contributed by atoms with Crippen LogP contribution < -0.4 is 10.6 Å². The second-order valence-electron chi connectivity index (χ2n) is 7.36. The number of hydrogen-bond acceptors (Lipinski definition) is 5. The highest BCUT2D eigenvalue weighted by molar-refractivity contribution is 7.99. The first-order chi connectivity index (χ1) is 15.3. The van der Waals surface area contributed by atoms with Gasteiger partial charge in [-0.05, 0) is 29.7 Å². The molecule has 7 nitrogen and oxygen atoms in total. The lowest BCUT2D eigenvalue weighted by Crippen LogP contribution is -2.17. The fourth-order valence-electron chi connectivity index (χ4n) is 2.99. The zero-order chi connectivity index (χ0) is 23.3. The standard InChI is InChI=1S/C22H23Cl2N5O2S/c1-13(2)14-7-4-5-9-16(14)25-20(31)12-32-22-28-27-18(29(22)3)11-19(30)26-17-10-6-8-15(23)21(17)24/h4-10,13H,11-12H2,1-3H3,(H,25,31)(H,26,30). The van der Waals surface area contributed by atoms with E-state index in [1.54, 1.807) is 29.8 Å². The summed E-state index contributed by atoms with van der Waals surface area (Å²) in [5.74, 6) is 0.496. The SMILES string of the molecule is CC(C)c1ccccc1NC(=O)CSc1nnc(CC(=O)Nc2cccc(Cl)c2Cl)n1C. The largest absolute Gasteiger partial charge is 0.325 e. The van der Waals surface area contributed by atoms with Crippen molar-refractivity contribution in [3.8, 4) is 0 Å². The van der Waals surface area contributed by atoms with E-state index in [-0.39, 0.29) is 29.0 Å². The third-order valence-electron chi connectivity index (χ3n) is 4.66. The number of halogens is 2. The number of rotatable bonds is 8. The van der Waals surface area contributed by atoms with Crippen molar-refractivity contribution in [1.29, 1.82) is 0 Å². The van der Waals surface area contributed by atoms with Crippen molar-refractivity contribution < 1.29 is 9.59 Å². The van der Waals surface area contributed by atoms with Crippen LogP contribution in [0.2, 0.25) is 10.0 Å². The predicted octanol–water partition coefficient (Wildman–Crippen LogP) is 5.16. The first kappa shape index (κ1) is 24.1. The number of thioether (sulfide) groups is 1. The van der Waals surface area contributed by atoms with Gasteiger partial charge in [0.2, 0.25) is 11.8 Å². The average Bonchev–Trinajstić information content (AvgIpc) is 3.09. The summed E-state index contributed by atoms with van der Waals surface area (Å²) in [5, 5.41) is 15.0. The van der Waals surface area contributed by atoms with Crippen LogP contribution in [0.4, 0.5) is 11.4 Å². The third-order valence-corrected chi connectivity index (χ3v) is 6.50. The molecule has 3 aromatic rings.